The third kappa shape index (κ3) is 3.03. The van der Waals surface area contributed by atoms with Gasteiger partial charge in [-0.3, -0.25) is 0 Å². The van der Waals surface area contributed by atoms with Crippen molar-refractivity contribution in [1.29, 1.82) is 0 Å². The maximum Gasteiger partial charge on any atom is 0.119 e. The molecular weight excluding hydrogens is 226 g/mol. The molecule has 3 heteroatoms. The Morgan fingerprint density at radius 2 is 2.17 bits per heavy atom. The van der Waals surface area contributed by atoms with Gasteiger partial charge >= 0.3 is 0 Å². The number of rotatable bonds is 6. The molecule has 1 aliphatic carbocycles. The van der Waals surface area contributed by atoms with Gasteiger partial charge in [0.15, 0.2) is 0 Å². The molecule has 0 saturated heterocycles. The van der Waals surface area contributed by atoms with Crippen LogP contribution >= 0.6 is 0 Å². The highest BCUT2D eigenvalue weighted by Gasteiger charge is 2.42. The topological polar surface area (TPSA) is 55.5 Å². The Balaban J connectivity index is 1.99. The lowest BCUT2D eigenvalue weighted by Gasteiger charge is -2.27. The van der Waals surface area contributed by atoms with Gasteiger partial charge in [0.1, 0.15) is 12.4 Å². The van der Waals surface area contributed by atoms with E-state index in [1.807, 2.05) is 12.1 Å². The van der Waals surface area contributed by atoms with Crippen molar-refractivity contribution in [2.24, 2.45) is 11.7 Å². The Morgan fingerprint density at radius 1 is 1.44 bits per heavy atom. The second-order valence-corrected chi connectivity index (χ2v) is 5.68. The van der Waals surface area contributed by atoms with Crippen LogP contribution in [0.4, 0.5) is 0 Å². The second-order valence-electron chi connectivity index (χ2n) is 5.68. The van der Waals surface area contributed by atoms with E-state index in [1.54, 1.807) is 0 Å². The van der Waals surface area contributed by atoms with Crippen LogP contribution in [0.1, 0.15) is 38.2 Å². The summed E-state index contributed by atoms with van der Waals surface area (Å²) in [6, 6.07) is 8.09. The van der Waals surface area contributed by atoms with E-state index in [0.717, 1.165) is 18.6 Å². The molecule has 1 aromatic rings. The largest absolute Gasteiger partial charge is 0.492 e. The van der Waals surface area contributed by atoms with E-state index in [0.29, 0.717) is 18.4 Å². The molecule has 0 spiro atoms. The minimum absolute atomic E-state index is 0.0124. The second kappa shape index (κ2) is 5.29. The number of hydrogen-bond donors (Lipinski definition) is 2. The maximum absolute atomic E-state index is 9.41. The molecule has 0 heterocycles. The first-order valence-corrected chi connectivity index (χ1v) is 6.67. The zero-order valence-corrected chi connectivity index (χ0v) is 11.2. The number of hydrogen-bond acceptors (Lipinski definition) is 3. The van der Waals surface area contributed by atoms with E-state index in [9.17, 15) is 5.11 Å². The molecular formula is C15H23NO2. The molecule has 1 atom stereocenters. The summed E-state index contributed by atoms with van der Waals surface area (Å²) >= 11 is 0. The van der Waals surface area contributed by atoms with Gasteiger partial charge in [-0.2, -0.15) is 0 Å². The van der Waals surface area contributed by atoms with Crippen molar-refractivity contribution in [3.63, 3.8) is 0 Å². The number of nitrogens with two attached hydrogens (primary N) is 1. The highest BCUT2D eigenvalue weighted by molar-refractivity contribution is 5.30. The normalized spacial score (nSPS) is 18.7. The molecule has 2 rings (SSSR count). The van der Waals surface area contributed by atoms with E-state index in [-0.39, 0.29) is 6.61 Å². The van der Waals surface area contributed by atoms with E-state index >= 15 is 0 Å². The fourth-order valence-corrected chi connectivity index (χ4v) is 2.13. The molecule has 1 fully saturated rings. The first-order chi connectivity index (χ1) is 8.55. The van der Waals surface area contributed by atoms with Gasteiger partial charge in [-0.05, 0) is 42.4 Å². The lowest BCUT2D eigenvalue weighted by atomic mass is 9.97. The molecule has 1 aromatic carbocycles. The number of benzene rings is 1. The van der Waals surface area contributed by atoms with Crippen molar-refractivity contribution in [3.05, 3.63) is 29.8 Å². The van der Waals surface area contributed by atoms with Crippen molar-refractivity contribution in [2.45, 2.75) is 38.1 Å². The van der Waals surface area contributed by atoms with Crippen molar-refractivity contribution >= 4 is 0 Å². The summed E-state index contributed by atoms with van der Waals surface area (Å²) in [5.41, 5.74) is 6.85. The van der Waals surface area contributed by atoms with Crippen LogP contribution in [0, 0.1) is 5.92 Å². The molecule has 0 aliphatic heterocycles. The molecule has 18 heavy (non-hydrogen) atoms. The summed E-state index contributed by atoms with van der Waals surface area (Å²) in [4.78, 5) is 0. The van der Waals surface area contributed by atoms with Crippen LogP contribution in [0.2, 0.25) is 0 Å². The van der Waals surface area contributed by atoms with Gasteiger partial charge in [-0.1, -0.05) is 26.0 Å². The van der Waals surface area contributed by atoms with Crippen LogP contribution in [-0.2, 0) is 0 Å². The van der Waals surface area contributed by atoms with Crippen LogP contribution < -0.4 is 10.5 Å². The average molecular weight is 249 g/mol. The van der Waals surface area contributed by atoms with E-state index in [2.05, 4.69) is 26.0 Å². The predicted molar refractivity (Wildman–Crippen MR) is 72.8 cm³/mol. The van der Waals surface area contributed by atoms with Gasteiger partial charge in [0.25, 0.3) is 0 Å². The summed E-state index contributed by atoms with van der Waals surface area (Å²) < 4.78 is 5.77. The Hall–Kier alpha value is -1.06. The zero-order chi connectivity index (χ0) is 13.2. The Bertz CT molecular complexity index is 401. The number of aliphatic hydroxyl groups is 1. The Labute approximate surface area is 109 Å². The van der Waals surface area contributed by atoms with E-state index in [4.69, 9.17) is 10.5 Å². The maximum atomic E-state index is 9.41. The van der Waals surface area contributed by atoms with Gasteiger partial charge in [-0.15, -0.1) is 0 Å². The van der Waals surface area contributed by atoms with Gasteiger partial charge in [-0.25, -0.2) is 0 Å². The Morgan fingerprint density at radius 3 is 2.72 bits per heavy atom. The third-order valence-corrected chi connectivity index (χ3v) is 3.72. The molecule has 0 amide bonds. The van der Waals surface area contributed by atoms with Crippen molar-refractivity contribution in [3.8, 4) is 5.75 Å². The molecule has 0 bridgehead atoms. The molecule has 3 nitrogen and oxygen atoms in total. The summed E-state index contributed by atoms with van der Waals surface area (Å²) in [6.45, 7) is 4.69. The summed E-state index contributed by atoms with van der Waals surface area (Å²) in [5, 5.41) is 9.41. The van der Waals surface area contributed by atoms with Crippen LogP contribution in [0.3, 0.4) is 0 Å². The molecule has 1 saturated carbocycles. The number of aliphatic hydroxyl groups excluding tert-OH is 1. The minimum Gasteiger partial charge on any atom is -0.492 e. The Kier molecular flexibility index (Phi) is 3.93. The first-order valence-electron chi connectivity index (χ1n) is 6.67. The summed E-state index contributed by atoms with van der Waals surface area (Å²) in [5.74, 6) is 1.73. The molecule has 1 aliphatic rings. The smallest absolute Gasteiger partial charge is 0.119 e. The van der Waals surface area contributed by atoms with Crippen molar-refractivity contribution in [1.82, 2.24) is 0 Å². The lowest BCUT2D eigenvalue weighted by Crippen LogP contribution is -2.51. The highest BCUT2D eigenvalue weighted by atomic mass is 16.5. The SMILES string of the molecule is CC(C)c1cccc(OCC(N)(CO)C2CC2)c1. The van der Waals surface area contributed by atoms with Crippen LogP contribution in [0.15, 0.2) is 24.3 Å². The summed E-state index contributed by atoms with van der Waals surface area (Å²) in [6.07, 6.45) is 2.21. The predicted octanol–water partition coefficient (Wildman–Crippen LogP) is 2.29. The minimum atomic E-state index is -0.576. The van der Waals surface area contributed by atoms with Crippen molar-refractivity contribution < 1.29 is 9.84 Å². The fraction of sp³-hybridized carbons (Fsp3) is 0.600. The number of ether oxygens (including phenoxy) is 1. The van der Waals surface area contributed by atoms with Gasteiger partial charge in [0, 0.05) is 0 Å². The van der Waals surface area contributed by atoms with Crippen LogP contribution in [-0.4, -0.2) is 23.9 Å². The van der Waals surface area contributed by atoms with Gasteiger partial charge in [0.2, 0.25) is 0 Å². The average Bonchev–Trinajstić information content (AvgIpc) is 3.21. The first kappa shape index (κ1) is 13.4. The van der Waals surface area contributed by atoms with Crippen LogP contribution in [0.25, 0.3) is 0 Å². The third-order valence-electron chi connectivity index (χ3n) is 3.72. The quantitative estimate of drug-likeness (QED) is 0.813. The molecule has 0 radical (unpaired) electrons. The molecule has 3 N–H and O–H groups in total. The standard InChI is InChI=1S/C15H23NO2/c1-11(2)12-4-3-5-14(8-12)18-10-15(16,9-17)13-6-7-13/h3-5,8,11,13,17H,6-7,9-10,16H2,1-2H3. The molecule has 0 aromatic heterocycles. The lowest BCUT2D eigenvalue weighted by molar-refractivity contribution is 0.117. The van der Waals surface area contributed by atoms with Crippen LogP contribution in [0.5, 0.6) is 5.75 Å². The molecule has 1 unspecified atom stereocenters. The monoisotopic (exact) mass is 249 g/mol. The fourth-order valence-electron chi connectivity index (χ4n) is 2.13. The van der Waals surface area contributed by atoms with Gasteiger partial charge < -0.3 is 15.6 Å². The van der Waals surface area contributed by atoms with E-state index < -0.39 is 5.54 Å². The van der Waals surface area contributed by atoms with Gasteiger partial charge in [0.05, 0.1) is 12.1 Å². The zero-order valence-electron chi connectivity index (χ0n) is 11.2. The van der Waals surface area contributed by atoms with Crippen molar-refractivity contribution in [2.75, 3.05) is 13.2 Å². The summed E-state index contributed by atoms with van der Waals surface area (Å²) in [7, 11) is 0. The van der Waals surface area contributed by atoms with E-state index in [1.165, 1.54) is 5.56 Å². The molecule has 100 valence electrons. The highest BCUT2D eigenvalue weighted by Crippen LogP contribution is 2.38.